The number of ether oxygens (including phenoxy) is 1. The molecule has 0 saturated carbocycles. The van der Waals surface area contributed by atoms with Gasteiger partial charge in [0.25, 0.3) is 0 Å². The molecule has 0 heterocycles. The van der Waals surface area contributed by atoms with E-state index >= 15 is 0 Å². The highest BCUT2D eigenvalue weighted by Gasteiger charge is 2.02. The van der Waals surface area contributed by atoms with E-state index < -0.39 is 0 Å². The maximum Gasteiger partial charge on any atom is 0.185 e. The zero-order chi connectivity index (χ0) is 19.1. The molecule has 3 aromatic rings. The van der Waals surface area contributed by atoms with Crippen molar-refractivity contribution in [2.24, 2.45) is 4.99 Å². The van der Waals surface area contributed by atoms with Crippen LogP contribution in [0.25, 0.3) is 6.08 Å². The van der Waals surface area contributed by atoms with Gasteiger partial charge in [0.2, 0.25) is 0 Å². The van der Waals surface area contributed by atoms with Crippen LogP contribution in [0.1, 0.15) is 21.5 Å². The number of allylic oxidation sites excluding steroid dienone is 1. The van der Waals surface area contributed by atoms with Gasteiger partial charge in [-0.05, 0) is 60.2 Å². The minimum atomic E-state index is -0.303. The van der Waals surface area contributed by atoms with Crippen LogP contribution >= 0.6 is 0 Å². The molecule has 3 rings (SSSR count). The summed E-state index contributed by atoms with van der Waals surface area (Å²) in [7, 11) is 1.62. The van der Waals surface area contributed by atoms with E-state index in [9.17, 15) is 9.18 Å². The number of para-hydroxylation sites is 1. The smallest absolute Gasteiger partial charge is 0.185 e. The van der Waals surface area contributed by atoms with E-state index in [1.165, 1.54) is 18.2 Å². The third-order valence-electron chi connectivity index (χ3n) is 3.94. The Bertz CT molecular complexity index is 974. The number of halogens is 1. The number of rotatable bonds is 6. The van der Waals surface area contributed by atoms with Crippen LogP contribution in [0.15, 0.2) is 83.9 Å². The number of ketones is 1. The second-order valence-electron chi connectivity index (χ2n) is 5.80. The van der Waals surface area contributed by atoms with Gasteiger partial charge in [-0.15, -0.1) is 0 Å². The molecular weight excluding hydrogens is 341 g/mol. The Balaban J connectivity index is 1.68. The van der Waals surface area contributed by atoms with E-state index in [2.05, 4.69) is 4.99 Å². The summed E-state index contributed by atoms with van der Waals surface area (Å²) in [5.41, 5.74) is 2.94. The first-order chi connectivity index (χ1) is 13.2. The van der Waals surface area contributed by atoms with Gasteiger partial charge in [-0.3, -0.25) is 9.79 Å². The second kappa shape index (κ2) is 8.72. The fraction of sp³-hybridized carbons (Fsp3) is 0.0435. The standard InChI is InChI=1S/C23H18FNO2/c1-27-23-5-3-2-4-19(23)16-25-21-13-9-18(10-14-21)22(26)15-8-17-6-11-20(24)12-7-17/h2-16H,1H3. The topological polar surface area (TPSA) is 38.7 Å². The fourth-order valence-electron chi connectivity index (χ4n) is 2.47. The summed E-state index contributed by atoms with van der Waals surface area (Å²) in [6.45, 7) is 0. The van der Waals surface area contributed by atoms with Crippen LogP contribution < -0.4 is 4.74 Å². The molecule has 27 heavy (non-hydrogen) atoms. The maximum atomic E-state index is 12.9. The summed E-state index contributed by atoms with van der Waals surface area (Å²) < 4.78 is 18.2. The Labute approximate surface area is 157 Å². The van der Waals surface area contributed by atoms with Gasteiger partial charge in [0, 0.05) is 17.3 Å². The van der Waals surface area contributed by atoms with Crippen LogP contribution in [-0.4, -0.2) is 19.1 Å². The van der Waals surface area contributed by atoms with Crippen molar-refractivity contribution in [3.8, 4) is 5.75 Å². The molecule has 134 valence electrons. The molecule has 3 nitrogen and oxygen atoms in total. The summed E-state index contributed by atoms with van der Waals surface area (Å²) >= 11 is 0. The number of methoxy groups -OCH3 is 1. The highest BCUT2D eigenvalue weighted by atomic mass is 19.1. The predicted octanol–water partition coefficient (Wildman–Crippen LogP) is 5.48. The molecule has 0 unspecified atom stereocenters. The van der Waals surface area contributed by atoms with Crippen molar-refractivity contribution in [2.75, 3.05) is 7.11 Å². The van der Waals surface area contributed by atoms with Crippen LogP contribution in [-0.2, 0) is 0 Å². The number of hydrogen-bond donors (Lipinski definition) is 0. The molecule has 0 bridgehead atoms. The van der Waals surface area contributed by atoms with Crippen molar-refractivity contribution in [2.45, 2.75) is 0 Å². The van der Waals surface area contributed by atoms with E-state index in [4.69, 9.17) is 4.74 Å². The van der Waals surface area contributed by atoms with Gasteiger partial charge in [-0.1, -0.05) is 30.3 Å². The molecule has 0 amide bonds. The summed E-state index contributed by atoms with van der Waals surface area (Å²) in [6, 6.07) is 20.6. The van der Waals surface area contributed by atoms with Crippen LogP contribution in [0.3, 0.4) is 0 Å². The molecule has 0 N–H and O–H groups in total. The van der Waals surface area contributed by atoms with Gasteiger partial charge in [-0.2, -0.15) is 0 Å². The molecule has 0 aliphatic heterocycles. The average Bonchev–Trinajstić information content (AvgIpc) is 2.72. The van der Waals surface area contributed by atoms with Gasteiger partial charge in [-0.25, -0.2) is 4.39 Å². The molecule has 0 aliphatic rings. The van der Waals surface area contributed by atoms with Gasteiger partial charge in [0.15, 0.2) is 5.78 Å². The number of hydrogen-bond acceptors (Lipinski definition) is 3. The Kier molecular flexibility index (Phi) is 5.90. The van der Waals surface area contributed by atoms with E-state index in [1.54, 1.807) is 55.8 Å². The van der Waals surface area contributed by atoms with Crippen LogP contribution in [0.2, 0.25) is 0 Å². The lowest BCUT2D eigenvalue weighted by Crippen LogP contribution is -1.93. The lowest BCUT2D eigenvalue weighted by Gasteiger charge is -2.03. The lowest BCUT2D eigenvalue weighted by atomic mass is 10.1. The van der Waals surface area contributed by atoms with Crippen LogP contribution in [0.5, 0.6) is 5.75 Å². The molecular formula is C23H18FNO2. The number of benzene rings is 3. The Morgan fingerprint density at radius 3 is 2.37 bits per heavy atom. The maximum absolute atomic E-state index is 12.9. The molecule has 0 radical (unpaired) electrons. The highest BCUT2D eigenvalue weighted by molar-refractivity contribution is 6.07. The van der Waals surface area contributed by atoms with Crippen LogP contribution in [0, 0.1) is 5.82 Å². The van der Waals surface area contributed by atoms with E-state index in [0.29, 0.717) is 5.56 Å². The number of nitrogens with zero attached hydrogens (tertiary/aromatic N) is 1. The monoisotopic (exact) mass is 359 g/mol. The van der Waals surface area contributed by atoms with E-state index in [1.807, 2.05) is 24.3 Å². The molecule has 0 spiro atoms. The molecule has 0 fully saturated rings. The first kappa shape index (κ1) is 18.3. The first-order valence-corrected chi connectivity index (χ1v) is 8.41. The number of carbonyl (C=O) groups is 1. The van der Waals surface area contributed by atoms with Gasteiger partial charge in [0.05, 0.1) is 12.8 Å². The third kappa shape index (κ3) is 4.98. The van der Waals surface area contributed by atoms with Crippen molar-refractivity contribution >= 4 is 23.8 Å². The molecule has 0 aliphatic carbocycles. The zero-order valence-corrected chi connectivity index (χ0v) is 14.8. The zero-order valence-electron chi connectivity index (χ0n) is 14.8. The van der Waals surface area contributed by atoms with Crippen molar-refractivity contribution in [1.29, 1.82) is 0 Å². The molecule has 0 atom stereocenters. The van der Waals surface area contributed by atoms with Gasteiger partial charge < -0.3 is 4.74 Å². The number of carbonyl (C=O) groups excluding carboxylic acids is 1. The minimum Gasteiger partial charge on any atom is -0.496 e. The summed E-state index contributed by atoms with van der Waals surface area (Å²) in [5.74, 6) is 0.321. The predicted molar refractivity (Wildman–Crippen MR) is 106 cm³/mol. The summed E-state index contributed by atoms with van der Waals surface area (Å²) in [4.78, 5) is 16.7. The molecule has 0 saturated heterocycles. The Hall–Kier alpha value is -3.53. The number of aliphatic imine (C=N–C) groups is 1. The van der Waals surface area contributed by atoms with Crippen molar-refractivity contribution < 1.29 is 13.9 Å². The summed E-state index contributed by atoms with van der Waals surface area (Å²) in [5, 5.41) is 0. The molecule has 4 heteroatoms. The normalized spacial score (nSPS) is 11.2. The minimum absolute atomic E-state index is 0.125. The Morgan fingerprint density at radius 2 is 1.67 bits per heavy atom. The van der Waals surface area contributed by atoms with Gasteiger partial charge >= 0.3 is 0 Å². The third-order valence-corrected chi connectivity index (χ3v) is 3.94. The quantitative estimate of drug-likeness (QED) is 0.332. The molecule has 0 aromatic heterocycles. The van der Waals surface area contributed by atoms with Gasteiger partial charge in [0.1, 0.15) is 11.6 Å². The van der Waals surface area contributed by atoms with E-state index in [-0.39, 0.29) is 11.6 Å². The van der Waals surface area contributed by atoms with Crippen molar-refractivity contribution in [3.63, 3.8) is 0 Å². The highest BCUT2D eigenvalue weighted by Crippen LogP contribution is 2.18. The summed E-state index contributed by atoms with van der Waals surface area (Å²) in [6.07, 6.45) is 4.86. The first-order valence-electron chi connectivity index (χ1n) is 8.41. The molecule has 3 aromatic carbocycles. The van der Waals surface area contributed by atoms with Crippen molar-refractivity contribution in [1.82, 2.24) is 0 Å². The average molecular weight is 359 g/mol. The fourth-order valence-corrected chi connectivity index (χ4v) is 2.47. The lowest BCUT2D eigenvalue weighted by molar-refractivity contribution is 0.104. The van der Waals surface area contributed by atoms with Crippen molar-refractivity contribution in [3.05, 3.63) is 101 Å². The largest absolute Gasteiger partial charge is 0.496 e. The Morgan fingerprint density at radius 1 is 0.963 bits per heavy atom. The SMILES string of the molecule is COc1ccccc1C=Nc1ccc(C(=O)C=Cc2ccc(F)cc2)cc1. The van der Waals surface area contributed by atoms with Crippen LogP contribution in [0.4, 0.5) is 10.1 Å². The van der Waals surface area contributed by atoms with E-state index in [0.717, 1.165) is 22.6 Å². The second-order valence-corrected chi connectivity index (χ2v) is 5.80.